The van der Waals surface area contributed by atoms with Gasteiger partial charge in [0, 0.05) is 5.54 Å². The zero-order chi connectivity index (χ0) is 35.8. The van der Waals surface area contributed by atoms with Crippen LogP contribution in [0.1, 0.15) is 107 Å². The first-order valence-electron chi connectivity index (χ1n) is 18.8. The summed E-state index contributed by atoms with van der Waals surface area (Å²) < 4.78 is 6.66. The van der Waals surface area contributed by atoms with Gasteiger partial charge in [-0.05, 0) is 96.5 Å². The average molecular weight is 677 g/mol. The number of hydrogen-bond acceptors (Lipinski definition) is 1. The molecule has 258 valence electrons. The Morgan fingerprint density at radius 1 is 0.680 bits per heavy atom. The Morgan fingerprint density at radius 2 is 1.16 bits per heavy atom. The van der Waals surface area contributed by atoms with E-state index >= 15 is 0 Å². The van der Waals surface area contributed by atoms with Gasteiger partial charge >= 0.3 is 0 Å². The molecule has 0 spiro atoms. The van der Waals surface area contributed by atoms with Crippen LogP contribution in [-0.4, -0.2) is 14.7 Å². The van der Waals surface area contributed by atoms with Gasteiger partial charge in [0.25, 0.3) is 0 Å². The lowest BCUT2D eigenvalue weighted by atomic mass is 9.86. The van der Waals surface area contributed by atoms with Gasteiger partial charge < -0.3 is 4.74 Å². The van der Waals surface area contributed by atoms with Crippen LogP contribution in [0, 0.1) is 0 Å². The summed E-state index contributed by atoms with van der Waals surface area (Å²) in [6, 6.07) is 39.8. The van der Waals surface area contributed by atoms with Crippen LogP contribution in [0.3, 0.4) is 0 Å². The lowest BCUT2D eigenvalue weighted by Crippen LogP contribution is -2.49. The third-order valence-corrected chi connectivity index (χ3v) is 15.2. The average Bonchev–Trinajstić information content (AvgIpc) is 3.46. The van der Waals surface area contributed by atoms with Crippen molar-refractivity contribution in [3.8, 4) is 39.1 Å². The first-order chi connectivity index (χ1) is 23.9. The summed E-state index contributed by atoms with van der Waals surface area (Å²) >= 11 is 0. The molecule has 0 aromatic heterocycles. The smallest absolute Gasteiger partial charge is 0.122 e. The van der Waals surface area contributed by atoms with Crippen molar-refractivity contribution >= 4 is 13.3 Å². The van der Waals surface area contributed by atoms with E-state index in [-0.39, 0.29) is 11.0 Å². The molecule has 0 radical (unpaired) electrons. The van der Waals surface area contributed by atoms with E-state index in [9.17, 15) is 0 Å². The van der Waals surface area contributed by atoms with Gasteiger partial charge in [0.15, 0.2) is 0 Å². The van der Waals surface area contributed by atoms with Crippen molar-refractivity contribution in [1.82, 2.24) is 0 Å². The quantitative estimate of drug-likeness (QED) is 0.0999. The van der Waals surface area contributed by atoms with Gasteiger partial charge in [-0.3, -0.25) is 0 Å². The molecule has 0 saturated heterocycles. The molecule has 0 bridgehead atoms. The first kappa shape index (κ1) is 35.7. The van der Waals surface area contributed by atoms with E-state index in [1.807, 2.05) is 6.08 Å². The van der Waals surface area contributed by atoms with E-state index in [2.05, 4.69) is 171 Å². The van der Waals surface area contributed by atoms with Gasteiger partial charge in [0.2, 0.25) is 0 Å². The van der Waals surface area contributed by atoms with E-state index in [1.165, 1.54) is 66.4 Å². The molecule has 5 aromatic carbocycles. The topological polar surface area (TPSA) is 9.23 Å². The van der Waals surface area contributed by atoms with Gasteiger partial charge in [-0.15, -0.1) is 0 Å². The van der Waals surface area contributed by atoms with Crippen LogP contribution < -0.4 is 9.92 Å². The largest absolute Gasteiger partial charge is 0.489 e. The predicted molar refractivity (Wildman–Crippen MR) is 220 cm³/mol. The Balaban J connectivity index is 1.57. The Hall–Kier alpha value is -4.14. The predicted octanol–water partition coefficient (Wildman–Crippen LogP) is 13.2. The van der Waals surface area contributed by atoms with Gasteiger partial charge in [-0.2, -0.15) is 0 Å². The normalized spacial score (nSPS) is 15.3. The molecule has 0 amide bonds. The molecule has 6 rings (SSSR count). The standard InChI is InChI=1S/C48H56OSi/c1-11-27-49-46-44(48(6,7)8)21-16-22-45(46)50(9,10)47-42-30-38(36-19-14-17-34(28-36)32(4)12-2)23-25-40(42)41-26-24-39(31-43(41)47)37-20-15-18-35(29-37)33(5)13-3/h11,14-26,28-33,47H,1,12-13,27H2,2-10H3. The maximum Gasteiger partial charge on any atom is 0.122 e. The molecule has 1 aliphatic carbocycles. The zero-order valence-corrected chi connectivity index (χ0v) is 32.9. The van der Waals surface area contributed by atoms with Crippen LogP contribution in [0.2, 0.25) is 13.1 Å². The maximum absolute atomic E-state index is 6.66. The minimum Gasteiger partial charge on any atom is -0.489 e. The van der Waals surface area contributed by atoms with E-state index in [4.69, 9.17) is 4.74 Å². The summed E-state index contributed by atoms with van der Waals surface area (Å²) in [6.07, 6.45) is 4.14. The molecule has 0 N–H and O–H groups in total. The van der Waals surface area contributed by atoms with Crippen molar-refractivity contribution in [3.05, 3.63) is 144 Å². The van der Waals surface area contributed by atoms with Crippen molar-refractivity contribution in [3.63, 3.8) is 0 Å². The molecule has 0 fully saturated rings. The van der Waals surface area contributed by atoms with E-state index < -0.39 is 8.07 Å². The van der Waals surface area contributed by atoms with Crippen molar-refractivity contribution in [2.45, 2.75) is 97.2 Å². The summed E-state index contributed by atoms with van der Waals surface area (Å²) in [5.74, 6) is 2.13. The zero-order valence-electron chi connectivity index (χ0n) is 31.9. The van der Waals surface area contributed by atoms with Crippen LogP contribution in [0.4, 0.5) is 0 Å². The lowest BCUT2D eigenvalue weighted by Gasteiger charge is -2.35. The molecular weight excluding hydrogens is 621 g/mol. The highest BCUT2D eigenvalue weighted by molar-refractivity contribution is 6.92. The minimum absolute atomic E-state index is 0.0515. The molecule has 2 atom stereocenters. The Labute approximate surface area is 303 Å². The molecule has 1 nitrogen and oxygen atoms in total. The van der Waals surface area contributed by atoms with Crippen LogP contribution in [-0.2, 0) is 5.41 Å². The molecule has 1 aliphatic rings. The highest BCUT2D eigenvalue weighted by atomic mass is 28.3. The molecule has 5 aromatic rings. The summed E-state index contributed by atoms with van der Waals surface area (Å²) in [4.78, 5) is 0. The summed E-state index contributed by atoms with van der Waals surface area (Å²) in [7, 11) is -2.33. The monoisotopic (exact) mass is 676 g/mol. The number of benzene rings is 5. The summed E-state index contributed by atoms with van der Waals surface area (Å²) in [5, 5.41) is 1.38. The molecule has 0 heterocycles. The van der Waals surface area contributed by atoms with Crippen molar-refractivity contribution < 1.29 is 4.74 Å². The highest BCUT2D eigenvalue weighted by Gasteiger charge is 2.44. The van der Waals surface area contributed by atoms with E-state index in [0.717, 1.165) is 18.6 Å². The minimum atomic E-state index is -2.33. The van der Waals surface area contributed by atoms with Gasteiger partial charge in [-0.25, -0.2) is 0 Å². The molecular formula is C48H56OSi. The number of para-hydroxylation sites is 1. The molecule has 2 heteroatoms. The van der Waals surface area contributed by atoms with Crippen molar-refractivity contribution in [2.75, 3.05) is 6.61 Å². The van der Waals surface area contributed by atoms with Crippen LogP contribution in [0.5, 0.6) is 5.75 Å². The fraction of sp³-hybridized carbons (Fsp3) is 0.333. The van der Waals surface area contributed by atoms with Crippen molar-refractivity contribution in [1.29, 1.82) is 0 Å². The second kappa shape index (κ2) is 14.2. The van der Waals surface area contributed by atoms with Crippen LogP contribution in [0.25, 0.3) is 33.4 Å². The second-order valence-corrected chi connectivity index (χ2v) is 20.7. The maximum atomic E-state index is 6.66. The SMILES string of the molecule is C=CCOc1c(C(C)(C)C)cccc1[Si](C)(C)C1c2cc(-c3cccc(C(C)CC)c3)ccc2-c2ccc(-c3cccc(C(C)CC)c3)cc21. The van der Waals surface area contributed by atoms with E-state index in [0.29, 0.717) is 18.4 Å². The van der Waals surface area contributed by atoms with Crippen LogP contribution in [0.15, 0.2) is 116 Å². The molecule has 0 saturated carbocycles. The van der Waals surface area contributed by atoms with Gasteiger partial charge in [0.1, 0.15) is 12.4 Å². The molecule has 50 heavy (non-hydrogen) atoms. The Kier molecular flexibility index (Phi) is 10.2. The first-order valence-corrected chi connectivity index (χ1v) is 21.8. The number of rotatable bonds is 11. The van der Waals surface area contributed by atoms with Crippen molar-refractivity contribution in [2.24, 2.45) is 0 Å². The van der Waals surface area contributed by atoms with E-state index in [1.54, 1.807) is 0 Å². The summed E-state index contributed by atoms with van der Waals surface area (Å²) in [5.41, 5.74) is 15.1. The summed E-state index contributed by atoms with van der Waals surface area (Å²) in [6.45, 7) is 25.7. The highest BCUT2D eigenvalue weighted by Crippen LogP contribution is 2.52. The fourth-order valence-corrected chi connectivity index (χ4v) is 11.7. The molecule has 0 aliphatic heterocycles. The Morgan fingerprint density at radius 3 is 1.62 bits per heavy atom. The number of ether oxygens (including phenoxy) is 1. The second-order valence-electron chi connectivity index (χ2n) is 16.2. The fourth-order valence-electron chi connectivity index (χ4n) is 8.01. The third-order valence-electron chi connectivity index (χ3n) is 11.4. The van der Waals surface area contributed by atoms with Crippen LogP contribution >= 0.6 is 0 Å². The lowest BCUT2D eigenvalue weighted by molar-refractivity contribution is 0.354. The number of fused-ring (bicyclic) bond motifs is 3. The Bertz CT molecular complexity index is 1900. The number of hydrogen-bond donors (Lipinski definition) is 0. The van der Waals surface area contributed by atoms with Gasteiger partial charge in [0.05, 0.1) is 8.07 Å². The van der Waals surface area contributed by atoms with Gasteiger partial charge in [-0.1, -0.05) is 177 Å². The molecule has 2 unspecified atom stereocenters. The third kappa shape index (κ3) is 6.67.